The number of hydrogen-bond donors (Lipinski definition) is 2. The van der Waals surface area contributed by atoms with Gasteiger partial charge in [0, 0.05) is 44.7 Å². The summed E-state index contributed by atoms with van der Waals surface area (Å²) >= 11 is 0. The second-order valence-electron chi connectivity index (χ2n) is 7.16. The number of carbonyl (C=O) groups excluding carboxylic acids is 1. The molecule has 2 rings (SSSR count). The summed E-state index contributed by atoms with van der Waals surface area (Å²) in [7, 11) is 5.33. The van der Waals surface area contributed by atoms with Crippen LogP contribution in [0.1, 0.15) is 12.6 Å². The van der Waals surface area contributed by atoms with Gasteiger partial charge >= 0.3 is 6.03 Å². The number of anilines is 2. The molecule has 0 unspecified atom stereocenters. The molecule has 0 spiro atoms. The van der Waals surface area contributed by atoms with E-state index in [0.717, 1.165) is 5.69 Å². The number of aryl methyl sites for hydroxylation is 1. The molecule has 2 N–H and O–H groups in total. The number of urea groups is 1. The average Bonchev–Trinajstić information content (AvgIpc) is 2.66. The predicted octanol–water partition coefficient (Wildman–Crippen LogP) is 3.27. The van der Waals surface area contributed by atoms with Crippen LogP contribution in [-0.2, 0) is 0 Å². The molecule has 2 aromatic rings. The van der Waals surface area contributed by atoms with Crippen LogP contribution in [0.15, 0.2) is 41.5 Å². The van der Waals surface area contributed by atoms with E-state index < -0.39 is 11.8 Å². The maximum atomic E-state index is 14.1. The minimum atomic E-state index is -0.551. The second-order valence-corrected chi connectivity index (χ2v) is 7.16. The first-order chi connectivity index (χ1) is 14.7. The van der Waals surface area contributed by atoms with Gasteiger partial charge in [0.05, 0.1) is 18.4 Å². The summed E-state index contributed by atoms with van der Waals surface area (Å²) in [5.41, 5.74) is 1.59. The molecule has 9 nitrogen and oxygen atoms in total. The number of likely N-dealkylation sites (N-methyl/N-ethyl adjacent to an activating group) is 1. The Morgan fingerprint density at radius 3 is 2.58 bits per heavy atom. The Labute approximate surface area is 181 Å². The summed E-state index contributed by atoms with van der Waals surface area (Å²) in [5, 5.41) is 14.0. The third kappa shape index (κ3) is 7.47. The van der Waals surface area contributed by atoms with Gasteiger partial charge < -0.3 is 25.2 Å². The van der Waals surface area contributed by atoms with Crippen LogP contribution in [0, 0.1) is 24.2 Å². The molecule has 1 aromatic heterocycles. The first-order valence-corrected chi connectivity index (χ1v) is 9.51. The fourth-order valence-electron chi connectivity index (χ4n) is 2.85. The van der Waals surface area contributed by atoms with E-state index in [4.69, 9.17) is 10.00 Å². The maximum absolute atomic E-state index is 14.1. The van der Waals surface area contributed by atoms with Crippen LogP contribution in [0.25, 0.3) is 0 Å². The number of benzene rings is 1. The van der Waals surface area contributed by atoms with Crippen molar-refractivity contribution in [2.24, 2.45) is 4.99 Å². The van der Waals surface area contributed by atoms with E-state index in [-0.39, 0.29) is 17.5 Å². The Kier molecular flexibility index (Phi) is 8.14. The molecule has 0 aliphatic heterocycles. The number of guanidine groups is 1. The number of rotatable bonds is 6. The van der Waals surface area contributed by atoms with E-state index in [2.05, 4.69) is 20.6 Å². The molecule has 0 aliphatic rings. The SMILES string of the molecule is Cc1ccc(NC(=O)Nc2cc(F)cc(O[C@@H](C)CN(C)/C(=N\C#N)N(C)C)c2)cn1. The van der Waals surface area contributed by atoms with Crippen molar-refractivity contribution in [3.05, 3.63) is 48.0 Å². The number of ether oxygens (including phenoxy) is 1. The predicted molar refractivity (Wildman–Crippen MR) is 117 cm³/mol. The summed E-state index contributed by atoms with van der Waals surface area (Å²) in [4.78, 5) is 23.5. The first-order valence-electron chi connectivity index (χ1n) is 9.51. The van der Waals surface area contributed by atoms with Crippen LogP contribution in [0.2, 0.25) is 0 Å². The quantitative estimate of drug-likeness (QED) is 0.416. The van der Waals surface area contributed by atoms with Crippen LogP contribution in [-0.4, -0.2) is 60.6 Å². The van der Waals surface area contributed by atoms with Gasteiger partial charge in [-0.15, -0.1) is 4.99 Å². The number of nitriles is 1. The number of pyridine rings is 1. The van der Waals surface area contributed by atoms with Crippen molar-refractivity contribution in [1.82, 2.24) is 14.8 Å². The van der Waals surface area contributed by atoms with Crippen LogP contribution in [0.5, 0.6) is 5.75 Å². The standard InChI is InChI=1S/C21H26FN7O2/c1-14-6-7-17(11-24-14)26-20(30)27-18-8-16(22)9-19(10-18)31-15(2)12-29(5)21(25-13-23)28(3)4/h6-11,15H,12H2,1-5H3,(H2,26,27,30)/b25-21-/t15-/m0/s1. The van der Waals surface area contributed by atoms with Gasteiger partial charge in [-0.2, -0.15) is 5.26 Å². The van der Waals surface area contributed by atoms with Gasteiger partial charge in [0.25, 0.3) is 0 Å². The Hall–Kier alpha value is -3.87. The third-order valence-corrected chi connectivity index (χ3v) is 4.06. The van der Waals surface area contributed by atoms with Gasteiger partial charge in [0.1, 0.15) is 17.7 Å². The van der Waals surface area contributed by atoms with Gasteiger partial charge in [0.2, 0.25) is 12.2 Å². The minimum absolute atomic E-state index is 0.244. The van der Waals surface area contributed by atoms with E-state index in [0.29, 0.717) is 18.2 Å². The van der Waals surface area contributed by atoms with E-state index in [1.165, 1.54) is 24.4 Å². The molecule has 1 aromatic carbocycles. The topological polar surface area (TPSA) is 106 Å². The molecule has 1 heterocycles. The average molecular weight is 427 g/mol. The Morgan fingerprint density at radius 2 is 1.97 bits per heavy atom. The lowest BCUT2D eigenvalue weighted by Crippen LogP contribution is -2.42. The molecule has 1 atom stereocenters. The molecule has 164 valence electrons. The van der Waals surface area contributed by atoms with Gasteiger partial charge in [0.15, 0.2) is 0 Å². The molecule has 0 fully saturated rings. The number of amides is 2. The normalized spacial score (nSPS) is 11.8. The van der Waals surface area contributed by atoms with E-state index in [1.807, 2.05) is 13.8 Å². The van der Waals surface area contributed by atoms with Gasteiger partial charge in [-0.1, -0.05) is 0 Å². The minimum Gasteiger partial charge on any atom is -0.489 e. The molecular weight excluding hydrogens is 401 g/mol. The van der Waals surface area contributed by atoms with Crippen LogP contribution in [0.4, 0.5) is 20.6 Å². The molecule has 31 heavy (non-hydrogen) atoms. The molecular formula is C21H26FN7O2. The van der Waals surface area contributed by atoms with E-state index in [9.17, 15) is 9.18 Å². The zero-order chi connectivity index (χ0) is 23.0. The molecule has 0 saturated heterocycles. The highest BCUT2D eigenvalue weighted by atomic mass is 19.1. The lowest BCUT2D eigenvalue weighted by atomic mass is 10.2. The number of nitrogens with zero attached hydrogens (tertiary/aromatic N) is 5. The van der Waals surface area contributed by atoms with Crippen LogP contribution >= 0.6 is 0 Å². The number of aliphatic imine (C=N–C) groups is 1. The highest BCUT2D eigenvalue weighted by Crippen LogP contribution is 2.22. The first kappa shape index (κ1) is 23.4. The summed E-state index contributed by atoms with van der Waals surface area (Å²) in [5.74, 6) is 0.184. The van der Waals surface area contributed by atoms with Crippen molar-refractivity contribution in [3.63, 3.8) is 0 Å². The van der Waals surface area contributed by atoms with Gasteiger partial charge in [-0.3, -0.25) is 4.98 Å². The van der Waals surface area contributed by atoms with Crippen LogP contribution < -0.4 is 15.4 Å². The zero-order valence-electron chi connectivity index (χ0n) is 18.2. The molecule has 0 bridgehead atoms. The monoisotopic (exact) mass is 427 g/mol. The molecule has 0 radical (unpaired) electrons. The highest BCUT2D eigenvalue weighted by molar-refractivity contribution is 5.99. The van der Waals surface area contributed by atoms with Crippen LogP contribution in [0.3, 0.4) is 0 Å². The number of hydrogen-bond acceptors (Lipinski definition) is 5. The van der Waals surface area contributed by atoms with Crippen molar-refractivity contribution in [3.8, 4) is 11.9 Å². The van der Waals surface area contributed by atoms with Crippen molar-refractivity contribution < 1.29 is 13.9 Å². The Morgan fingerprint density at radius 1 is 1.26 bits per heavy atom. The fraction of sp³-hybridized carbons (Fsp3) is 0.333. The van der Waals surface area contributed by atoms with E-state index in [1.54, 1.807) is 49.3 Å². The molecule has 0 aliphatic carbocycles. The smallest absolute Gasteiger partial charge is 0.323 e. The highest BCUT2D eigenvalue weighted by Gasteiger charge is 2.15. The molecule has 10 heteroatoms. The molecule has 0 saturated carbocycles. The van der Waals surface area contributed by atoms with Crippen molar-refractivity contribution in [1.29, 1.82) is 5.26 Å². The van der Waals surface area contributed by atoms with E-state index >= 15 is 0 Å². The Bertz CT molecular complexity index is 971. The largest absolute Gasteiger partial charge is 0.489 e. The zero-order valence-corrected chi connectivity index (χ0v) is 18.2. The van der Waals surface area contributed by atoms with Crippen molar-refractivity contribution in [2.45, 2.75) is 20.0 Å². The number of aromatic nitrogens is 1. The van der Waals surface area contributed by atoms with Gasteiger partial charge in [-0.05, 0) is 32.0 Å². The number of carbonyl (C=O) groups is 1. The fourth-order valence-corrected chi connectivity index (χ4v) is 2.85. The summed E-state index contributed by atoms with van der Waals surface area (Å²) in [6.07, 6.45) is 2.95. The summed E-state index contributed by atoms with van der Waals surface area (Å²) < 4.78 is 19.9. The number of nitrogens with one attached hydrogen (secondary N) is 2. The third-order valence-electron chi connectivity index (χ3n) is 4.06. The van der Waals surface area contributed by atoms with Crippen molar-refractivity contribution in [2.75, 3.05) is 38.3 Å². The molecule has 2 amide bonds. The lowest BCUT2D eigenvalue weighted by Gasteiger charge is -2.28. The summed E-state index contributed by atoms with van der Waals surface area (Å²) in [6, 6.07) is 6.92. The Balaban J connectivity index is 2.01. The number of halogens is 1. The maximum Gasteiger partial charge on any atom is 0.323 e. The van der Waals surface area contributed by atoms with Crippen molar-refractivity contribution >= 4 is 23.4 Å². The second kappa shape index (κ2) is 10.8. The summed E-state index contributed by atoms with van der Waals surface area (Å²) in [6.45, 7) is 4.05. The lowest BCUT2D eigenvalue weighted by molar-refractivity contribution is 0.187. The van der Waals surface area contributed by atoms with Gasteiger partial charge in [-0.25, -0.2) is 9.18 Å².